The number of piperazine rings is 1. The zero-order valence-electron chi connectivity index (χ0n) is 13.1. The summed E-state index contributed by atoms with van der Waals surface area (Å²) >= 11 is 5.80. The lowest BCUT2D eigenvalue weighted by atomic mass is 9.79. The van der Waals surface area contributed by atoms with Gasteiger partial charge in [-0.3, -0.25) is 4.90 Å². The number of rotatable bonds is 2. The summed E-state index contributed by atoms with van der Waals surface area (Å²) in [6.45, 7) is 9.00. The van der Waals surface area contributed by atoms with Crippen molar-refractivity contribution in [1.82, 2.24) is 10.2 Å². The Morgan fingerprint density at radius 2 is 1.73 bits per heavy atom. The van der Waals surface area contributed by atoms with E-state index in [1.54, 1.807) is 6.07 Å². The van der Waals surface area contributed by atoms with E-state index in [4.69, 9.17) is 11.6 Å². The third-order valence-corrected chi connectivity index (χ3v) is 4.19. The van der Waals surface area contributed by atoms with Crippen LogP contribution in [0.1, 0.15) is 37.9 Å². The first-order chi connectivity index (χ1) is 10.1. The lowest BCUT2D eigenvalue weighted by Gasteiger charge is -2.43. The van der Waals surface area contributed by atoms with E-state index in [-0.39, 0.29) is 16.5 Å². The van der Waals surface area contributed by atoms with Crippen LogP contribution >= 0.6 is 11.6 Å². The number of nitrogens with one attached hydrogen (secondary N) is 1. The molecule has 0 unspecified atom stereocenters. The van der Waals surface area contributed by atoms with Gasteiger partial charge in [-0.2, -0.15) is 13.2 Å². The van der Waals surface area contributed by atoms with Crippen molar-refractivity contribution in [1.29, 1.82) is 0 Å². The van der Waals surface area contributed by atoms with Crippen LogP contribution in [0.25, 0.3) is 0 Å². The molecule has 1 aliphatic heterocycles. The maximum atomic E-state index is 13.5. The van der Waals surface area contributed by atoms with Crippen molar-refractivity contribution >= 4 is 11.6 Å². The van der Waals surface area contributed by atoms with Crippen LogP contribution in [0.2, 0.25) is 5.02 Å². The lowest BCUT2D eigenvalue weighted by molar-refractivity contribution is -0.139. The summed E-state index contributed by atoms with van der Waals surface area (Å²) in [4.78, 5) is 2.13. The van der Waals surface area contributed by atoms with Gasteiger partial charge in [-0.05, 0) is 23.1 Å². The summed E-state index contributed by atoms with van der Waals surface area (Å²) in [6.07, 6.45) is -4.40. The van der Waals surface area contributed by atoms with Crippen molar-refractivity contribution in [2.75, 3.05) is 26.2 Å². The zero-order chi connectivity index (χ0) is 16.5. The molecule has 2 nitrogen and oxygen atoms in total. The van der Waals surface area contributed by atoms with Gasteiger partial charge in [0.1, 0.15) is 0 Å². The standard InChI is InChI=1S/C16H22ClF3N2/c1-15(2,3)14(22-8-6-21-7-9-22)12-5-4-11(17)10-13(12)16(18,19)20/h4-5,10,14,21H,6-9H2,1-3H3/t14-/m1/s1. The van der Waals surface area contributed by atoms with Crippen molar-refractivity contribution in [2.24, 2.45) is 5.41 Å². The van der Waals surface area contributed by atoms with Crippen LogP contribution < -0.4 is 5.32 Å². The van der Waals surface area contributed by atoms with Crippen LogP contribution in [0.15, 0.2) is 18.2 Å². The molecular weight excluding hydrogens is 313 g/mol. The summed E-state index contributed by atoms with van der Waals surface area (Å²) in [7, 11) is 0. The molecule has 1 fully saturated rings. The van der Waals surface area contributed by atoms with Crippen LogP contribution in [-0.4, -0.2) is 31.1 Å². The maximum Gasteiger partial charge on any atom is 0.416 e. The first-order valence-corrected chi connectivity index (χ1v) is 7.80. The molecule has 6 heteroatoms. The highest BCUT2D eigenvalue weighted by molar-refractivity contribution is 6.30. The van der Waals surface area contributed by atoms with Gasteiger partial charge >= 0.3 is 6.18 Å². The normalized spacial score (nSPS) is 19.2. The Morgan fingerprint density at radius 3 is 2.23 bits per heavy atom. The molecule has 1 N–H and O–H groups in total. The Morgan fingerprint density at radius 1 is 1.14 bits per heavy atom. The molecule has 0 aliphatic carbocycles. The van der Waals surface area contributed by atoms with Crippen molar-refractivity contribution < 1.29 is 13.2 Å². The fourth-order valence-electron chi connectivity index (χ4n) is 3.16. The molecule has 1 heterocycles. The van der Waals surface area contributed by atoms with Gasteiger partial charge in [0.25, 0.3) is 0 Å². The van der Waals surface area contributed by atoms with Crippen LogP contribution in [0, 0.1) is 5.41 Å². The van der Waals surface area contributed by atoms with E-state index in [0.29, 0.717) is 5.56 Å². The van der Waals surface area contributed by atoms with Gasteiger partial charge in [0.05, 0.1) is 5.56 Å². The Labute approximate surface area is 134 Å². The highest BCUT2D eigenvalue weighted by atomic mass is 35.5. The van der Waals surface area contributed by atoms with Crippen LogP contribution in [0.5, 0.6) is 0 Å². The molecule has 1 saturated heterocycles. The molecular formula is C16H22ClF3N2. The summed E-state index contributed by atoms with van der Waals surface area (Å²) in [5, 5.41) is 3.36. The third kappa shape index (κ3) is 3.94. The summed E-state index contributed by atoms with van der Waals surface area (Å²) in [5.74, 6) is 0. The van der Waals surface area contributed by atoms with Crippen molar-refractivity contribution in [3.8, 4) is 0 Å². The highest BCUT2D eigenvalue weighted by Gasteiger charge is 2.40. The third-order valence-electron chi connectivity index (χ3n) is 3.95. The average Bonchev–Trinajstić information content (AvgIpc) is 2.39. The zero-order valence-corrected chi connectivity index (χ0v) is 13.9. The fourth-order valence-corrected chi connectivity index (χ4v) is 3.34. The molecule has 124 valence electrons. The average molecular weight is 335 g/mol. The topological polar surface area (TPSA) is 15.3 Å². The highest BCUT2D eigenvalue weighted by Crippen LogP contribution is 2.44. The molecule has 0 saturated carbocycles. The number of hydrogen-bond acceptors (Lipinski definition) is 2. The lowest BCUT2D eigenvalue weighted by Crippen LogP contribution is -2.48. The Balaban J connectivity index is 2.52. The molecule has 22 heavy (non-hydrogen) atoms. The number of benzene rings is 1. The predicted molar refractivity (Wildman–Crippen MR) is 83.1 cm³/mol. The Bertz CT molecular complexity index is 517. The Kier molecular flexibility index (Phi) is 5.09. The SMILES string of the molecule is CC(C)(C)[C@@H](c1ccc(Cl)cc1C(F)(F)F)N1CCNCC1. The molecule has 1 aromatic carbocycles. The molecule has 0 aromatic heterocycles. The maximum absolute atomic E-state index is 13.5. The molecule has 1 atom stereocenters. The molecule has 0 bridgehead atoms. The van der Waals surface area contributed by atoms with E-state index in [1.165, 1.54) is 6.07 Å². The van der Waals surface area contributed by atoms with Gasteiger partial charge in [-0.25, -0.2) is 0 Å². The smallest absolute Gasteiger partial charge is 0.314 e. The second-order valence-electron chi connectivity index (χ2n) is 6.78. The van der Waals surface area contributed by atoms with Gasteiger partial charge in [0.15, 0.2) is 0 Å². The summed E-state index contributed by atoms with van der Waals surface area (Å²) < 4.78 is 40.4. The van der Waals surface area contributed by atoms with Crippen molar-refractivity contribution in [3.63, 3.8) is 0 Å². The monoisotopic (exact) mass is 334 g/mol. The van der Waals surface area contributed by atoms with Crippen LogP contribution in [0.3, 0.4) is 0 Å². The van der Waals surface area contributed by atoms with Gasteiger partial charge < -0.3 is 5.32 Å². The largest absolute Gasteiger partial charge is 0.416 e. The van der Waals surface area contributed by atoms with Gasteiger partial charge in [-0.15, -0.1) is 0 Å². The second kappa shape index (κ2) is 6.38. The first-order valence-electron chi connectivity index (χ1n) is 7.42. The number of hydrogen-bond donors (Lipinski definition) is 1. The Hall–Kier alpha value is -0.780. The number of nitrogens with zero attached hydrogens (tertiary/aromatic N) is 1. The number of halogens is 4. The van der Waals surface area contributed by atoms with Crippen LogP contribution in [-0.2, 0) is 6.18 Å². The minimum atomic E-state index is -4.40. The van der Waals surface area contributed by atoms with Gasteiger partial charge in [0, 0.05) is 37.2 Å². The predicted octanol–water partition coefficient (Wildman–Crippen LogP) is 4.35. The first kappa shape index (κ1) is 17.6. The van der Waals surface area contributed by atoms with Crippen LogP contribution in [0.4, 0.5) is 13.2 Å². The molecule has 0 radical (unpaired) electrons. The summed E-state index contributed by atoms with van der Waals surface area (Å²) in [6, 6.07) is 3.82. The van der Waals surface area contributed by atoms with E-state index in [2.05, 4.69) is 10.2 Å². The van der Waals surface area contributed by atoms with E-state index < -0.39 is 11.7 Å². The molecule has 0 spiro atoms. The van der Waals surface area contributed by atoms with Crippen molar-refractivity contribution in [2.45, 2.75) is 33.0 Å². The van der Waals surface area contributed by atoms with E-state index in [1.807, 2.05) is 20.8 Å². The second-order valence-corrected chi connectivity index (χ2v) is 7.22. The van der Waals surface area contributed by atoms with Gasteiger partial charge in [0.2, 0.25) is 0 Å². The molecule has 1 aliphatic rings. The molecule has 2 rings (SSSR count). The fraction of sp³-hybridized carbons (Fsp3) is 0.625. The molecule has 0 amide bonds. The van der Waals surface area contributed by atoms with E-state index in [9.17, 15) is 13.2 Å². The van der Waals surface area contributed by atoms with E-state index in [0.717, 1.165) is 32.2 Å². The van der Waals surface area contributed by atoms with Crippen molar-refractivity contribution in [3.05, 3.63) is 34.3 Å². The van der Waals surface area contributed by atoms with E-state index >= 15 is 0 Å². The van der Waals surface area contributed by atoms with Gasteiger partial charge in [-0.1, -0.05) is 38.4 Å². The minimum absolute atomic E-state index is 0.115. The summed E-state index contributed by atoms with van der Waals surface area (Å²) in [5.41, 5.74) is -0.629. The quantitative estimate of drug-likeness (QED) is 0.865. The minimum Gasteiger partial charge on any atom is -0.314 e. The number of alkyl halides is 3. The molecule has 1 aromatic rings.